The number of carbonyl (C=O) groups is 6. The summed E-state index contributed by atoms with van der Waals surface area (Å²) in [6, 6.07) is -3.90. The first-order valence-corrected chi connectivity index (χ1v) is 39.7. The van der Waals surface area contributed by atoms with Crippen molar-refractivity contribution in [2.24, 2.45) is 36.9 Å². The Balaban J connectivity index is 5.74. The number of amides is 6. The molecule has 0 spiro atoms. The monoisotopic (exact) mass is 1400 g/mol. The molecule has 0 bridgehead atoms. The predicted octanol–water partition coefficient (Wildman–Crippen LogP) is 14.7. The number of ether oxygens (including phenoxy) is 4. The molecular formula is C76H145N13O10. The van der Waals surface area contributed by atoms with E-state index in [4.69, 9.17) is 30.4 Å². The van der Waals surface area contributed by atoms with E-state index < -0.39 is 59.5 Å². The fourth-order valence-corrected chi connectivity index (χ4v) is 11.0. The van der Waals surface area contributed by atoms with Crippen molar-refractivity contribution in [3.63, 3.8) is 0 Å². The molecule has 0 aliphatic heterocycles. The molecular weight excluding hydrogens is 1250 g/mol. The molecule has 10 N–H and O–H groups in total. The number of nitrogens with one attached hydrogen (secondary N) is 6. The van der Waals surface area contributed by atoms with E-state index in [1.54, 1.807) is 12.4 Å². The first-order valence-electron chi connectivity index (χ1n) is 39.7. The number of guanidine groups is 1. The minimum Gasteiger partial charge on any atom is -0.381 e. The maximum absolute atomic E-state index is 14.0. The standard InChI is InChI=1S/C76H145N13O10/c1-5-9-13-17-21-25-29-33-37-41-59-96-63-45-55-79-86-71(91)53-50-68(74(94)88-81-57-47-65-98-61-43-39-35-31-27-23-19-15-11-7-3)83-70(90)52-49-67(85-76(77)78)73(93)84-69(75(95)89-82-58-48-66-99-62-44-40-36-32-28-24-20-16-12-8-4)51-54-72(92)87-80-56-46-64-97-60-42-38-34-30-26-22-18-14-10-6-2/h55-58,67-69H,5-54,59-66H2,1-4H3,(H,83,90)(H,84,93)(H,86,91)(H,87,92)(H,88,94)(H,89,95)(H4,77,78,85)/b79-55+,80-56+,81-57+,82-58+/t67-,68-,69-/m0/s1. The van der Waals surface area contributed by atoms with Gasteiger partial charge in [-0.05, 0) is 44.9 Å². The summed E-state index contributed by atoms with van der Waals surface area (Å²) < 4.78 is 23.1. The van der Waals surface area contributed by atoms with Crippen LogP contribution in [0.25, 0.3) is 0 Å². The van der Waals surface area contributed by atoms with E-state index in [1.165, 1.54) is 218 Å². The Bertz CT molecular complexity index is 2060. The van der Waals surface area contributed by atoms with Crippen molar-refractivity contribution in [3.05, 3.63) is 0 Å². The van der Waals surface area contributed by atoms with Gasteiger partial charge in [0.1, 0.15) is 18.1 Å². The van der Waals surface area contributed by atoms with Crippen LogP contribution in [0.3, 0.4) is 0 Å². The largest absolute Gasteiger partial charge is 0.381 e. The molecule has 0 radical (unpaired) electrons. The molecule has 0 aromatic heterocycles. The molecule has 0 unspecified atom stereocenters. The van der Waals surface area contributed by atoms with Crippen LogP contribution in [-0.4, -0.2) is 137 Å². The third-order valence-electron chi connectivity index (χ3n) is 17.1. The van der Waals surface area contributed by atoms with E-state index in [2.05, 4.69) is 85.4 Å². The summed E-state index contributed by atoms with van der Waals surface area (Å²) in [6.07, 6.45) is 56.4. The van der Waals surface area contributed by atoms with E-state index in [9.17, 15) is 28.8 Å². The second-order valence-electron chi connectivity index (χ2n) is 26.5. The van der Waals surface area contributed by atoms with Crippen LogP contribution in [0.4, 0.5) is 0 Å². The lowest BCUT2D eigenvalue weighted by Gasteiger charge is -2.20. The van der Waals surface area contributed by atoms with Crippen LogP contribution in [0.15, 0.2) is 25.4 Å². The molecule has 574 valence electrons. The van der Waals surface area contributed by atoms with Crippen molar-refractivity contribution in [3.8, 4) is 0 Å². The highest BCUT2D eigenvalue weighted by atomic mass is 16.5. The Kier molecular flexibility index (Phi) is 71.2. The molecule has 0 aromatic rings. The van der Waals surface area contributed by atoms with E-state index in [-0.39, 0.29) is 38.5 Å². The topological polar surface area (TPSA) is 325 Å². The van der Waals surface area contributed by atoms with Crippen LogP contribution in [0.1, 0.15) is 349 Å². The fourth-order valence-electron chi connectivity index (χ4n) is 11.0. The van der Waals surface area contributed by atoms with Crippen molar-refractivity contribution in [2.75, 3.05) is 52.9 Å². The van der Waals surface area contributed by atoms with Crippen LogP contribution in [-0.2, 0) is 47.7 Å². The van der Waals surface area contributed by atoms with Crippen LogP contribution >= 0.6 is 0 Å². The van der Waals surface area contributed by atoms with Crippen LogP contribution in [0.5, 0.6) is 0 Å². The lowest BCUT2D eigenvalue weighted by atomic mass is 10.1. The SMILES string of the molecule is CCCCCCCCCCCCOCC/C=N/NC(=O)CC[C@H](NC(=O)CC[C@H](N=C(N)N)C(=O)N[C@@H](CCC(=O)N/N=C/CCOCCCCCCCCCCCC)C(=O)N/N=C/CCOCCCCCCCCCCCC)C(=O)N/N=C/CCOCCCCCCCCCCCC. The molecule has 23 heteroatoms. The van der Waals surface area contributed by atoms with Gasteiger partial charge in [-0.1, -0.05) is 259 Å². The smallest absolute Gasteiger partial charge is 0.262 e. The number of hydrogen-bond acceptors (Lipinski definition) is 15. The maximum Gasteiger partial charge on any atom is 0.262 e. The van der Waals surface area contributed by atoms with Gasteiger partial charge < -0.3 is 41.0 Å². The molecule has 0 fully saturated rings. The zero-order valence-corrected chi connectivity index (χ0v) is 63.0. The zero-order chi connectivity index (χ0) is 72.2. The molecule has 0 aliphatic rings. The van der Waals surface area contributed by atoms with Crippen molar-refractivity contribution in [2.45, 2.75) is 367 Å². The summed E-state index contributed by atoms with van der Waals surface area (Å²) >= 11 is 0. The average Bonchev–Trinajstić information content (AvgIpc) is 1.16. The lowest BCUT2D eigenvalue weighted by molar-refractivity contribution is -0.131. The lowest BCUT2D eigenvalue weighted by Crippen LogP contribution is -2.49. The number of rotatable bonds is 75. The molecule has 0 aliphatic carbocycles. The highest BCUT2D eigenvalue weighted by Crippen LogP contribution is 2.15. The van der Waals surface area contributed by atoms with Gasteiger partial charge in [-0.15, -0.1) is 0 Å². The molecule has 0 saturated carbocycles. The number of nitrogens with two attached hydrogens (primary N) is 2. The van der Waals surface area contributed by atoms with E-state index >= 15 is 0 Å². The summed E-state index contributed by atoms with van der Waals surface area (Å²) in [4.78, 5) is 85.1. The van der Waals surface area contributed by atoms with Gasteiger partial charge in [-0.2, -0.15) is 20.4 Å². The Morgan fingerprint density at radius 1 is 0.303 bits per heavy atom. The van der Waals surface area contributed by atoms with E-state index in [1.807, 2.05) is 0 Å². The van der Waals surface area contributed by atoms with Gasteiger partial charge in [0.25, 0.3) is 11.8 Å². The first-order chi connectivity index (χ1) is 48.5. The quantitative estimate of drug-likeness (QED) is 0.0122. The van der Waals surface area contributed by atoms with Crippen molar-refractivity contribution < 1.29 is 47.7 Å². The molecule has 0 aromatic carbocycles. The van der Waals surface area contributed by atoms with Gasteiger partial charge in [-0.3, -0.25) is 28.8 Å². The normalized spacial score (nSPS) is 12.6. The second-order valence-corrected chi connectivity index (χ2v) is 26.5. The fraction of sp³-hybridized carbons (Fsp3) is 0.855. The molecule has 0 rings (SSSR count). The van der Waals surface area contributed by atoms with Gasteiger partial charge in [0.2, 0.25) is 23.6 Å². The third-order valence-corrected chi connectivity index (χ3v) is 17.1. The molecule has 23 nitrogen and oxygen atoms in total. The molecule has 0 saturated heterocycles. The zero-order valence-electron chi connectivity index (χ0n) is 63.0. The molecule has 3 atom stereocenters. The summed E-state index contributed by atoms with van der Waals surface area (Å²) in [6.45, 7) is 13.3. The van der Waals surface area contributed by atoms with Gasteiger partial charge in [0.05, 0.1) is 26.4 Å². The maximum atomic E-state index is 14.0. The Hall–Kier alpha value is -5.39. The number of carbonyl (C=O) groups excluding carboxylic acids is 6. The number of aliphatic imine (C=N–C) groups is 1. The highest BCUT2D eigenvalue weighted by molar-refractivity contribution is 5.93. The third kappa shape index (κ3) is 68.2. The summed E-state index contributed by atoms with van der Waals surface area (Å²) in [7, 11) is 0. The van der Waals surface area contributed by atoms with Gasteiger partial charge >= 0.3 is 0 Å². The summed E-state index contributed by atoms with van der Waals surface area (Å²) in [5.41, 5.74) is 21.5. The Morgan fingerprint density at radius 2 is 0.556 bits per heavy atom. The Morgan fingerprint density at radius 3 is 0.838 bits per heavy atom. The Labute approximate surface area is 600 Å². The number of hydrazone groups is 4. The van der Waals surface area contributed by atoms with Crippen molar-refractivity contribution in [1.29, 1.82) is 0 Å². The number of unbranched alkanes of at least 4 members (excludes halogenated alkanes) is 36. The van der Waals surface area contributed by atoms with Gasteiger partial charge in [0.15, 0.2) is 5.96 Å². The van der Waals surface area contributed by atoms with Crippen LogP contribution < -0.4 is 43.8 Å². The summed E-state index contributed by atoms with van der Waals surface area (Å²) in [5.74, 6) is -4.30. The average molecular weight is 1400 g/mol. The van der Waals surface area contributed by atoms with Crippen molar-refractivity contribution >= 4 is 66.3 Å². The number of nitrogens with zero attached hydrogens (tertiary/aromatic N) is 5. The van der Waals surface area contributed by atoms with E-state index in [0.29, 0.717) is 78.5 Å². The van der Waals surface area contributed by atoms with Gasteiger partial charge in [-0.25, -0.2) is 26.7 Å². The van der Waals surface area contributed by atoms with Crippen LogP contribution in [0, 0.1) is 0 Å². The molecule has 6 amide bonds. The molecule has 99 heavy (non-hydrogen) atoms. The predicted molar refractivity (Wildman–Crippen MR) is 407 cm³/mol. The second kappa shape index (κ2) is 75.3. The first kappa shape index (κ1) is 93.6. The van der Waals surface area contributed by atoms with Gasteiger partial charge in [0, 0.05) is 96.2 Å². The minimum atomic E-state index is -1.38. The van der Waals surface area contributed by atoms with Crippen LogP contribution in [0.2, 0.25) is 0 Å². The van der Waals surface area contributed by atoms with E-state index in [0.717, 1.165) is 51.4 Å². The molecule has 0 heterocycles. The highest BCUT2D eigenvalue weighted by Gasteiger charge is 2.28. The minimum absolute atomic E-state index is 0.116. The summed E-state index contributed by atoms with van der Waals surface area (Å²) in [5, 5.41) is 21.5. The number of hydrogen-bond donors (Lipinski definition) is 8. The van der Waals surface area contributed by atoms with Crippen molar-refractivity contribution in [1.82, 2.24) is 32.3 Å².